The molecule has 186 valence electrons. The van der Waals surface area contributed by atoms with E-state index in [1.165, 1.54) is 4.90 Å². The van der Waals surface area contributed by atoms with Gasteiger partial charge in [-0.3, -0.25) is 13.9 Å². The second-order valence-electron chi connectivity index (χ2n) is 8.14. The Morgan fingerprint density at radius 3 is 2.12 bits per heavy atom. The highest BCUT2D eigenvalue weighted by Crippen LogP contribution is 2.22. The van der Waals surface area contributed by atoms with Crippen LogP contribution in [-0.4, -0.2) is 50.0 Å². The second kappa shape index (κ2) is 12.6. The zero-order valence-corrected chi connectivity index (χ0v) is 23.0. The minimum Gasteiger partial charge on any atom is -0.352 e. The van der Waals surface area contributed by atoms with Crippen LogP contribution in [0.2, 0.25) is 5.02 Å². The van der Waals surface area contributed by atoms with E-state index in [1.54, 1.807) is 48.5 Å². The van der Waals surface area contributed by atoms with E-state index in [4.69, 9.17) is 11.6 Å². The minimum absolute atomic E-state index is 0.0516. The summed E-state index contributed by atoms with van der Waals surface area (Å²) in [6.07, 6.45) is 2.18. The third-order valence-corrected chi connectivity index (χ3v) is 7.37. The van der Waals surface area contributed by atoms with Gasteiger partial charge >= 0.3 is 0 Å². The third kappa shape index (κ3) is 7.99. The topological polar surface area (TPSA) is 86.8 Å². The van der Waals surface area contributed by atoms with E-state index < -0.39 is 28.5 Å². The minimum atomic E-state index is -3.76. The van der Waals surface area contributed by atoms with E-state index in [0.29, 0.717) is 17.1 Å². The average Bonchev–Trinajstić information content (AvgIpc) is 2.78. The molecule has 1 N–H and O–H groups in total. The first-order valence-corrected chi connectivity index (χ1v) is 14.1. The number of amides is 2. The van der Waals surface area contributed by atoms with Gasteiger partial charge in [0, 0.05) is 22.1 Å². The van der Waals surface area contributed by atoms with Crippen LogP contribution in [0, 0.1) is 0 Å². The number of anilines is 1. The van der Waals surface area contributed by atoms with Crippen LogP contribution in [0.25, 0.3) is 0 Å². The van der Waals surface area contributed by atoms with E-state index in [0.717, 1.165) is 27.0 Å². The summed E-state index contributed by atoms with van der Waals surface area (Å²) in [5.74, 6) is -0.747. The van der Waals surface area contributed by atoms with Crippen molar-refractivity contribution in [2.45, 2.75) is 52.2 Å². The van der Waals surface area contributed by atoms with Crippen LogP contribution in [0.15, 0.2) is 53.0 Å². The highest BCUT2D eigenvalue weighted by Gasteiger charge is 2.32. The molecule has 0 spiro atoms. The second-order valence-corrected chi connectivity index (χ2v) is 11.4. The van der Waals surface area contributed by atoms with Crippen molar-refractivity contribution in [3.8, 4) is 0 Å². The molecule has 0 saturated carbocycles. The van der Waals surface area contributed by atoms with Crippen LogP contribution in [0.5, 0.6) is 0 Å². The van der Waals surface area contributed by atoms with Gasteiger partial charge in [0.15, 0.2) is 0 Å². The molecule has 0 aliphatic heterocycles. The van der Waals surface area contributed by atoms with Crippen LogP contribution >= 0.6 is 27.5 Å². The summed E-state index contributed by atoms with van der Waals surface area (Å²) in [4.78, 5) is 28.1. The lowest BCUT2D eigenvalue weighted by molar-refractivity contribution is -0.140. The van der Waals surface area contributed by atoms with Crippen molar-refractivity contribution in [2.75, 3.05) is 17.1 Å². The fourth-order valence-corrected chi connectivity index (χ4v) is 4.61. The molecule has 10 heteroatoms. The maximum Gasteiger partial charge on any atom is 0.244 e. The molecular formula is C24H31BrClN3O4S. The maximum absolute atomic E-state index is 13.6. The van der Waals surface area contributed by atoms with Crippen molar-refractivity contribution in [2.24, 2.45) is 0 Å². The summed E-state index contributed by atoms with van der Waals surface area (Å²) in [5.41, 5.74) is 1.14. The van der Waals surface area contributed by atoms with Crippen LogP contribution in [0.3, 0.4) is 0 Å². The van der Waals surface area contributed by atoms with Crippen molar-refractivity contribution in [1.82, 2.24) is 10.2 Å². The van der Waals surface area contributed by atoms with Gasteiger partial charge in [0.25, 0.3) is 0 Å². The number of halogens is 2. The number of carbonyl (C=O) groups is 2. The highest BCUT2D eigenvalue weighted by atomic mass is 79.9. The molecule has 0 unspecified atom stereocenters. The standard InChI is InChI=1S/C24H31BrClN3O4S/c1-5-17(3)27-24(31)22(6-2)28(15-18-7-11-20(26)12-8-18)23(30)16-29(34(4,32)33)21-13-9-19(25)10-14-21/h7-14,17,22H,5-6,15-16H2,1-4H3,(H,27,31)/t17-,22-/m0/s1. The van der Waals surface area contributed by atoms with E-state index in [-0.39, 0.29) is 18.5 Å². The quantitative estimate of drug-likeness (QED) is 0.427. The average molecular weight is 573 g/mol. The molecule has 7 nitrogen and oxygen atoms in total. The van der Waals surface area contributed by atoms with Crippen LogP contribution in [0.1, 0.15) is 39.2 Å². The van der Waals surface area contributed by atoms with Crippen molar-refractivity contribution < 1.29 is 18.0 Å². The van der Waals surface area contributed by atoms with E-state index in [2.05, 4.69) is 21.2 Å². The normalized spacial score (nSPS) is 13.1. The Morgan fingerprint density at radius 2 is 1.62 bits per heavy atom. The SMILES string of the molecule is CC[C@H](C)NC(=O)[C@H](CC)N(Cc1ccc(Cl)cc1)C(=O)CN(c1ccc(Br)cc1)S(C)(=O)=O. The summed E-state index contributed by atoms with van der Waals surface area (Å²) < 4.78 is 27.0. The number of hydrogen-bond donors (Lipinski definition) is 1. The molecule has 0 radical (unpaired) electrons. The van der Waals surface area contributed by atoms with Gasteiger partial charge in [-0.25, -0.2) is 8.42 Å². The van der Waals surface area contributed by atoms with Crippen LogP contribution in [-0.2, 0) is 26.2 Å². The zero-order valence-electron chi connectivity index (χ0n) is 19.8. The Kier molecular flexibility index (Phi) is 10.4. The predicted octanol–water partition coefficient (Wildman–Crippen LogP) is 4.59. The summed E-state index contributed by atoms with van der Waals surface area (Å²) >= 11 is 9.33. The number of rotatable bonds is 11. The Labute approximate surface area is 215 Å². The fraction of sp³-hybridized carbons (Fsp3) is 0.417. The lowest BCUT2D eigenvalue weighted by Gasteiger charge is -2.33. The number of benzene rings is 2. The molecular weight excluding hydrogens is 542 g/mol. The summed E-state index contributed by atoms with van der Waals surface area (Å²) in [6, 6.07) is 12.8. The fourth-order valence-electron chi connectivity index (χ4n) is 3.37. The molecule has 2 aromatic rings. The molecule has 2 rings (SSSR count). The smallest absolute Gasteiger partial charge is 0.244 e. The lowest BCUT2D eigenvalue weighted by Crippen LogP contribution is -2.53. The summed E-state index contributed by atoms with van der Waals surface area (Å²) in [6.45, 7) is 5.40. The Balaban J connectivity index is 2.41. The number of hydrogen-bond acceptors (Lipinski definition) is 4. The van der Waals surface area contributed by atoms with E-state index >= 15 is 0 Å². The van der Waals surface area contributed by atoms with Gasteiger partial charge in [-0.1, -0.05) is 53.5 Å². The Hall–Kier alpha value is -2.10. The first kappa shape index (κ1) is 28.1. The van der Waals surface area contributed by atoms with Gasteiger partial charge in [-0.15, -0.1) is 0 Å². The zero-order chi connectivity index (χ0) is 25.5. The monoisotopic (exact) mass is 571 g/mol. The number of carbonyl (C=O) groups excluding carboxylic acids is 2. The summed E-state index contributed by atoms with van der Waals surface area (Å²) in [7, 11) is -3.76. The van der Waals surface area contributed by atoms with Crippen molar-refractivity contribution in [3.05, 3.63) is 63.6 Å². The Morgan fingerprint density at radius 1 is 1.03 bits per heavy atom. The number of sulfonamides is 1. The van der Waals surface area contributed by atoms with Crippen molar-refractivity contribution in [1.29, 1.82) is 0 Å². The lowest BCUT2D eigenvalue weighted by atomic mass is 10.1. The number of nitrogens with zero attached hydrogens (tertiary/aromatic N) is 2. The maximum atomic E-state index is 13.6. The molecule has 0 fully saturated rings. The molecule has 0 bridgehead atoms. The molecule has 0 heterocycles. The van der Waals surface area contributed by atoms with Crippen molar-refractivity contribution >= 4 is 55.1 Å². The third-order valence-electron chi connectivity index (χ3n) is 5.45. The molecule has 0 aromatic heterocycles. The molecule has 2 aromatic carbocycles. The molecule has 0 aliphatic rings. The predicted molar refractivity (Wildman–Crippen MR) is 140 cm³/mol. The van der Waals surface area contributed by atoms with E-state index in [9.17, 15) is 18.0 Å². The molecule has 34 heavy (non-hydrogen) atoms. The molecule has 0 saturated heterocycles. The van der Waals surface area contributed by atoms with E-state index in [1.807, 2.05) is 20.8 Å². The molecule has 2 atom stereocenters. The van der Waals surface area contributed by atoms with Gasteiger partial charge < -0.3 is 10.2 Å². The molecule has 2 amide bonds. The largest absolute Gasteiger partial charge is 0.352 e. The van der Waals surface area contributed by atoms with Gasteiger partial charge in [0.05, 0.1) is 11.9 Å². The van der Waals surface area contributed by atoms with Gasteiger partial charge in [0.2, 0.25) is 21.8 Å². The van der Waals surface area contributed by atoms with Crippen LogP contribution < -0.4 is 9.62 Å². The van der Waals surface area contributed by atoms with Gasteiger partial charge in [-0.2, -0.15) is 0 Å². The van der Waals surface area contributed by atoms with Crippen LogP contribution in [0.4, 0.5) is 5.69 Å². The highest BCUT2D eigenvalue weighted by molar-refractivity contribution is 9.10. The first-order valence-electron chi connectivity index (χ1n) is 11.0. The number of nitrogens with one attached hydrogen (secondary N) is 1. The van der Waals surface area contributed by atoms with Gasteiger partial charge in [0.1, 0.15) is 12.6 Å². The summed E-state index contributed by atoms with van der Waals surface area (Å²) in [5, 5.41) is 3.50. The van der Waals surface area contributed by atoms with Crippen molar-refractivity contribution in [3.63, 3.8) is 0 Å². The Bertz CT molecular complexity index is 1080. The first-order chi connectivity index (χ1) is 16.0. The van der Waals surface area contributed by atoms with Gasteiger partial charge in [-0.05, 0) is 61.7 Å². The molecule has 0 aliphatic carbocycles.